The smallest absolute Gasteiger partial charge is 0.232 e. The number of benzene rings is 1. The Morgan fingerprint density at radius 2 is 1.85 bits per heavy atom. The maximum atomic E-state index is 13.2. The summed E-state index contributed by atoms with van der Waals surface area (Å²) in [4.78, 5) is 0. The SMILES string of the molecule is O=S(=O)(Cl)CCCCCCOc1cc(F)c(Cl)cc1Br. The van der Waals surface area contributed by atoms with E-state index in [0.29, 0.717) is 23.2 Å². The van der Waals surface area contributed by atoms with Crippen LogP contribution in [0.3, 0.4) is 0 Å². The molecule has 0 amide bonds. The fourth-order valence-corrected chi connectivity index (χ4v) is 3.16. The number of ether oxygens (including phenoxy) is 1. The molecule has 1 aromatic rings. The largest absolute Gasteiger partial charge is 0.492 e. The van der Waals surface area contributed by atoms with E-state index >= 15 is 0 Å². The minimum Gasteiger partial charge on any atom is -0.492 e. The average Bonchev–Trinajstić information content (AvgIpc) is 2.32. The molecule has 0 fully saturated rings. The Bertz CT molecular complexity index is 552. The van der Waals surface area contributed by atoms with Gasteiger partial charge < -0.3 is 4.74 Å². The van der Waals surface area contributed by atoms with Gasteiger partial charge in [-0.25, -0.2) is 12.8 Å². The molecule has 0 atom stereocenters. The second-order valence-electron chi connectivity index (χ2n) is 4.20. The van der Waals surface area contributed by atoms with Gasteiger partial charge in [-0.15, -0.1) is 0 Å². The van der Waals surface area contributed by atoms with Crippen molar-refractivity contribution in [1.29, 1.82) is 0 Å². The van der Waals surface area contributed by atoms with Crippen LogP contribution < -0.4 is 4.74 Å². The molecule has 20 heavy (non-hydrogen) atoms. The quantitative estimate of drug-likeness (QED) is 0.354. The van der Waals surface area contributed by atoms with Crippen LogP contribution in [0.5, 0.6) is 5.75 Å². The topological polar surface area (TPSA) is 43.4 Å². The van der Waals surface area contributed by atoms with E-state index in [4.69, 9.17) is 27.0 Å². The molecule has 1 aromatic carbocycles. The van der Waals surface area contributed by atoms with Crippen molar-refractivity contribution in [3.05, 3.63) is 27.4 Å². The van der Waals surface area contributed by atoms with E-state index in [-0.39, 0.29) is 10.8 Å². The van der Waals surface area contributed by atoms with Crippen molar-refractivity contribution >= 4 is 47.3 Å². The first kappa shape index (κ1) is 18.0. The van der Waals surface area contributed by atoms with E-state index in [9.17, 15) is 12.8 Å². The van der Waals surface area contributed by atoms with E-state index in [2.05, 4.69) is 15.9 Å². The normalized spacial score (nSPS) is 11.6. The molecule has 114 valence electrons. The Morgan fingerprint density at radius 3 is 2.50 bits per heavy atom. The molecular formula is C12H14BrCl2FO3S. The number of rotatable bonds is 8. The maximum absolute atomic E-state index is 13.2. The minimum absolute atomic E-state index is 0.0106. The van der Waals surface area contributed by atoms with Crippen LogP contribution in [0.2, 0.25) is 5.02 Å². The Balaban J connectivity index is 2.23. The fraction of sp³-hybridized carbons (Fsp3) is 0.500. The summed E-state index contributed by atoms with van der Waals surface area (Å²) in [5.41, 5.74) is 0. The van der Waals surface area contributed by atoms with Crippen LogP contribution in [0.1, 0.15) is 25.7 Å². The van der Waals surface area contributed by atoms with Crippen molar-refractivity contribution in [1.82, 2.24) is 0 Å². The maximum Gasteiger partial charge on any atom is 0.232 e. The lowest BCUT2D eigenvalue weighted by atomic mass is 10.2. The highest BCUT2D eigenvalue weighted by Crippen LogP contribution is 2.30. The molecule has 0 bridgehead atoms. The van der Waals surface area contributed by atoms with E-state index in [1.54, 1.807) is 0 Å². The number of halogens is 4. The van der Waals surface area contributed by atoms with Crippen LogP contribution >= 0.6 is 38.2 Å². The molecule has 0 saturated heterocycles. The Morgan fingerprint density at radius 1 is 1.20 bits per heavy atom. The zero-order valence-electron chi connectivity index (χ0n) is 10.5. The van der Waals surface area contributed by atoms with Gasteiger partial charge in [0.1, 0.15) is 11.6 Å². The highest BCUT2D eigenvalue weighted by molar-refractivity contribution is 9.10. The molecule has 0 saturated carbocycles. The van der Waals surface area contributed by atoms with Crippen molar-refractivity contribution in [2.75, 3.05) is 12.4 Å². The third-order valence-corrected chi connectivity index (χ3v) is 4.66. The second kappa shape index (κ2) is 8.41. The molecule has 0 aliphatic rings. The third kappa shape index (κ3) is 7.11. The summed E-state index contributed by atoms with van der Waals surface area (Å²) < 4.78 is 40.7. The van der Waals surface area contributed by atoms with E-state index in [1.165, 1.54) is 12.1 Å². The standard InChI is InChI=1S/C12H14BrCl2FO3S/c13-9-7-10(14)11(16)8-12(9)19-5-3-1-2-4-6-20(15,17)18/h7-8H,1-6H2. The van der Waals surface area contributed by atoms with Crippen molar-refractivity contribution < 1.29 is 17.5 Å². The van der Waals surface area contributed by atoms with Gasteiger partial charge in [-0.1, -0.05) is 24.4 Å². The lowest BCUT2D eigenvalue weighted by Crippen LogP contribution is -2.00. The number of hydrogen-bond acceptors (Lipinski definition) is 3. The molecule has 0 aliphatic heterocycles. The fourth-order valence-electron chi connectivity index (χ4n) is 1.53. The Labute approximate surface area is 136 Å². The summed E-state index contributed by atoms with van der Waals surface area (Å²) in [5, 5.41) is 0.0338. The lowest BCUT2D eigenvalue weighted by molar-refractivity contribution is 0.302. The second-order valence-corrected chi connectivity index (χ2v) is 8.36. The summed E-state index contributed by atoms with van der Waals surface area (Å²) in [7, 11) is 1.70. The van der Waals surface area contributed by atoms with Crippen LogP contribution in [0.4, 0.5) is 4.39 Å². The molecule has 0 N–H and O–H groups in total. The molecule has 3 nitrogen and oxygen atoms in total. The monoisotopic (exact) mass is 406 g/mol. The summed E-state index contributed by atoms with van der Waals surface area (Å²) in [6.45, 7) is 0.424. The van der Waals surface area contributed by atoms with Crippen LogP contribution in [-0.4, -0.2) is 20.8 Å². The summed E-state index contributed by atoms with van der Waals surface area (Å²) in [6.07, 6.45) is 2.86. The molecule has 0 aliphatic carbocycles. The Kier molecular flexibility index (Phi) is 7.58. The van der Waals surface area contributed by atoms with Gasteiger partial charge in [-0.3, -0.25) is 0 Å². The van der Waals surface area contributed by atoms with Gasteiger partial charge in [0.2, 0.25) is 9.05 Å². The van der Waals surface area contributed by atoms with Crippen molar-refractivity contribution in [3.8, 4) is 5.75 Å². The summed E-state index contributed by atoms with van der Waals surface area (Å²) in [6, 6.07) is 2.67. The third-order valence-electron chi connectivity index (χ3n) is 2.51. The predicted octanol–water partition coefficient (Wildman–Crippen LogP) is 4.75. The van der Waals surface area contributed by atoms with E-state index in [1.807, 2.05) is 0 Å². The molecule has 0 aromatic heterocycles. The minimum atomic E-state index is -3.39. The molecular weight excluding hydrogens is 394 g/mol. The van der Waals surface area contributed by atoms with Crippen LogP contribution in [0, 0.1) is 5.82 Å². The first-order chi connectivity index (χ1) is 9.29. The highest BCUT2D eigenvalue weighted by atomic mass is 79.9. The predicted molar refractivity (Wildman–Crippen MR) is 82.7 cm³/mol. The Hall–Kier alpha value is -0.0400. The summed E-state index contributed by atoms with van der Waals surface area (Å²) in [5.74, 6) is -0.143. The van der Waals surface area contributed by atoms with E-state index in [0.717, 1.165) is 19.3 Å². The first-order valence-electron chi connectivity index (χ1n) is 5.99. The van der Waals surface area contributed by atoms with Gasteiger partial charge >= 0.3 is 0 Å². The van der Waals surface area contributed by atoms with Crippen LogP contribution in [0.15, 0.2) is 16.6 Å². The zero-order valence-corrected chi connectivity index (χ0v) is 14.5. The van der Waals surface area contributed by atoms with Crippen LogP contribution in [0.25, 0.3) is 0 Å². The van der Waals surface area contributed by atoms with Gasteiger partial charge in [0, 0.05) is 16.7 Å². The molecule has 0 unspecified atom stereocenters. The highest BCUT2D eigenvalue weighted by Gasteiger charge is 2.08. The molecule has 8 heteroatoms. The number of unbranched alkanes of at least 4 members (excludes halogenated alkanes) is 3. The lowest BCUT2D eigenvalue weighted by Gasteiger charge is -2.09. The molecule has 0 heterocycles. The van der Waals surface area contributed by atoms with Gasteiger partial charge in [-0.05, 0) is 34.8 Å². The summed E-state index contributed by atoms with van der Waals surface area (Å²) >= 11 is 8.86. The average molecular weight is 408 g/mol. The van der Waals surface area contributed by atoms with E-state index < -0.39 is 14.9 Å². The van der Waals surface area contributed by atoms with Crippen molar-refractivity contribution in [2.45, 2.75) is 25.7 Å². The molecule has 0 spiro atoms. The van der Waals surface area contributed by atoms with Gasteiger partial charge in [0.05, 0.1) is 21.9 Å². The zero-order chi connectivity index (χ0) is 15.2. The van der Waals surface area contributed by atoms with Gasteiger partial charge in [-0.2, -0.15) is 0 Å². The molecule has 0 radical (unpaired) electrons. The number of hydrogen-bond donors (Lipinski definition) is 0. The molecule has 1 rings (SSSR count). The van der Waals surface area contributed by atoms with Crippen molar-refractivity contribution in [2.24, 2.45) is 0 Å². The van der Waals surface area contributed by atoms with Gasteiger partial charge in [0.15, 0.2) is 0 Å². The van der Waals surface area contributed by atoms with Crippen molar-refractivity contribution in [3.63, 3.8) is 0 Å². The van der Waals surface area contributed by atoms with Gasteiger partial charge in [0.25, 0.3) is 0 Å². The first-order valence-corrected chi connectivity index (χ1v) is 9.64. The van der Waals surface area contributed by atoms with Crippen LogP contribution in [-0.2, 0) is 9.05 Å².